The SMILES string of the molecule is Cc1cc(-c2c(C)ccc3c2oc2ncccc23)[n+](C)cc1CC(C)C.Cc1cc2[n+](cc1CC(C)C)Cc1ccc3c(oc4ncccc43)c1-2.Cc1ccc2c(n1)oc1c3c(ccc12)C[n+]1cc(CC(C)C)c(C)cc1-3.Cc1ccc2c(n1)oc1c3c(ccc12)C[n+]1cc(CC(C)C)c(C)cc1-3. The van der Waals surface area contributed by atoms with Crippen molar-refractivity contribution in [1.82, 2.24) is 19.9 Å². The van der Waals surface area contributed by atoms with Crippen LogP contribution in [0, 0.1) is 72.1 Å². The molecule has 15 heterocycles. The van der Waals surface area contributed by atoms with Crippen LogP contribution < -0.4 is 18.3 Å². The smallest absolute Gasteiger partial charge is 0.227 e. The van der Waals surface area contributed by atoms with Gasteiger partial charge in [-0.15, -0.1) is 0 Å². The molecule has 0 unspecified atom stereocenters. The van der Waals surface area contributed by atoms with Gasteiger partial charge in [-0.2, -0.15) is 13.7 Å². The number of hydrogen-bond acceptors (Lipinski definition) is 8. The maximum atomic E-state index is 6.24. The molecule has 0 saturated heterocycles. The molecule has 0 saturated carbocycles. The Balaban J connectivity index is 0.000000106. The first-order chi connectivity index (χ1) is 49.6. The number of aryl methyl sites for hydroxylation is 8. The summed E-state index contributed by atoms with van der Waals surface area (Å²) < 4.78 is 34.2. The quantitative estimate of drug-likeness (QED) is 0.131. The van der Waals surface area contributed by atoms with Gasteiger partial charge in [0.2, 0.25) is 45.6 Å². The zero-order chi connectivity index (χ0) is 71.5. The Labute approximate surface area is 602 Å². The van der Waals surface area contributed by atoms with Crippen molar-refractivity contribution in [3.63, 3.8) is 0 Å². The van der Waals surface area contributed by atoms with E-state index in [-0.39, 0.29) is 0 Å². The number of furan rings is 4. The molecule has 12 heteroatoms. The molecule has 0 N–H and O–H groups in total. The van der Waals surface area contributed by atoms with Gasteiger partial charge in [0, 0.05) is 130 Å². The number of aromatic nitrogens is 8. The van der Waals surface area contributed by atoms with E-state index in [1.54, 1.807) is 12.4 Å². The van der Waals surface area contributed by atoms with Gasteiger partial charge in [-0.25, -0.2) is 24.5 Å². The summed E-state index contributed by atoms with van der Waals surface area (Å²) in [7, 11) is 2.12. The molecule has 0 aliphatic carbocycles. The lowest BCUT2D eigenvalue weighted by molar-refractivity contribution is -0.672. The normalized spacial score (nSPS) is 12.7. The molecule has 12 nitrogen and oxygen atoms in total. The van der Waals surface area contributed by atoms with Crippen molar-refractivity contribution < 1.29 is 35.9 Å². The van der Waals surface area contributed by atoms with Crippen LogP contribution in [0.2, 0.25) is 0 Å². The molecule has 0 radical (unpaired) electrons. The number of pyridine rings is 8. The summed E-state index contributed by atoms with van der Waals surface area (Å²) in [5, 5.41) is 8.94. The number of nitrogens with zero attached hydrogens (tertiary/aromatic N) is 8. The second-order valence-electron chi connectivity index (χ2n) is 31.1. The highest BCUT2D eigenvalue weighted by Gasteiger charge is 2.36. The Morgan fingerprint density at radius 1 is 0.330 bits per heavy atom. The van der Waals surface area contributed by atoms with Crippen LogP contribution in [0.4, 0.5) is 0 Å². The summed E-state index contributed by atoms with van der Waals surface area (Å²) in [5.74, 6) is 2.63. The average molecular weight is 1360 g/mol. The molecule has 0 atom stereocenters. The summed E-state index contributed by atoms with van der Waals surface area (Å²) >= 11 is 0. The van der Waals surface area contributed by atoms with Gasteiger partial charge < -0.3 is 17.7 Å². The van der Waals surface area contributed by atoms with Crippen molar-refractivity contribution in [2.75, 3.05) is 0 Å². The Morgan fingerprint density at radius 3 is 1.01 bits per heavy atom. The summed E-state index contributed by atoms with van der Waals surface area (Å²) in [5.41, 5.74) is 34.8. The van der Waals surface area contributed by atoms with Gasteiger partial charge in [0.15, 0.2) is 66.8 Å². The number of fused-ring (bicyclic) bond motifs is 24. The van der Waals surface area contributed by atoms with Crippen LogP contribution in [-0.4, -0.2) is 19.9 Å². The molecule has 12 aromatic heterocycles. The molecule has 19 rings (SSSR count). The topological polar surface area (TPSA) is 120 Å². The van der Waals surface area contributed by atoms with Gasteiger partial charge in [-0.3, -0.25) is 0 Å². The standard InChI is InChI=1S/2C23H23N2O.C23H25N2O.C22H21N2O/c2*1-13(2)9-17-12-25-11-16-6-8-18-19-7-5-15(4)24-23(19)26-22(18)21(16)20(25)10-14(17)3;1-14(2)11-17-13-25(5)20(12-16(17)4)21-15(3)8-9-18-19-7-6-10-24-23(19)26-22(18)21;1-13(2)9-16-12-24-11-15-6-7-17-18-5-4-8-23-22(18)25-21(17)20(15)19(24)10-14(16)3/h2*5-8,10,12-13H,9,11H2,1-4H3;6-10,12-14H,11H2,1-5H3;4-8,10,12-13H,9,11H2,1-3H3/q4*+1. The highest BCUT2D eigenvalue weighted by atomic mass is 16.4. The van der Waals surface area contributed by atoms with E-state index < -0.39 is 0 Å². The third kappa shape index (κ3) is 12.1. The minimum Gasteiger partial charge on any atom is -0.437 e. The fraction of sp³-hybridized carbons (Fsp3) is 0.297. The molecule has 3 aliphatic rings. The lowest BCUT2D eigenvalue weighted by Gasteiger charge is -2.11. The van der Waals surface area contributed by atoms with E-state index >= 15 is 0 Å². The maximum Gasteiger partial charge on any atom is 0.227 e. The van der Waals surface area contributed by atoms with E-state index in [1.807, 2.05) is 26.0 Å². The van der Waals surface area contributed by atoms with Crippen molar-refractivity contribution in [1.29, 1.82) is 0 Å². The third-order valence-electron chi connectivity index (χ3n) is 21.2. The largest absolute Gasteiger partial charge is 0.437 e. The monoisotopic (exact) mass is 1360 g/mol. The lowest BCUT2D eigenvalue weighted by atomic mass is 9.96. The number of rotatable bonds is 9. The fourth-order valence-corrected chi connectivity index (χ4v) is 16.2. The van der Waals surface area contributed by atoms with Gasteiger partial charge in [0.1, 0.15) is 7.05 Å². The highest BCUT2D eigenvalue weighted by Crippen LogP contribution is 2.44. The minimum absolute atomic E-state index is 0.645. The summed E-state index contributed by atoms with van der Waals surface area (Å²) in [4.78, 5) is 18.0. The lowest BCUT2D eigenvalue weighted by Crippen LogP contribution is -2.33. The average Bonchev–Trinajstić information content (AvgIpc) is 1.60. The van der Waals surface area contributed by atoms with Crippen LogP contribution in [0.3, 0.4) is 0 Å². The molecular formula is C91H92N8O4+4. The first-order valence-electron chi connectivity index (χ1n) is 36.9. The van der Waals surface area contributed by atoms with Crippen LogP contribution >= 0.6 is 0 Å². The summed E-state index contributed by atoms with van der Waals surface area (Å²) in [6, 6.07) is 43.3. The van der Waals surface area contributed by atoms with Crippen molar-refractivity contribution in [2.45, 2.75) is 149 Å². The van der Waals surface area contributed by atoms with E-state index in [2.05, 4.69) is 269 Å². The van der Waals surface area contributed by atoms with Crippen molar-refractivity contribution in [3.05, 3.63) is 237 Å². The molecule has 16 aromatic rings. The van der Waals surface area contributed by atoms with Gasteiger partial charge in [0.05, 0.1) is 22.3 Å². The van der Waals surface area contributed by atoms with E-state index in [0.29, 0.717) is 29.4 Å². The predicted molar refractivity (Wildman–Crippen MR) is 414 cm³/mol. The first-order valence-corrected chi connectivity index (χ1v) is 36.9. The Hall–Kier alpha value is -10.7. The van der Waals surface area contributed by atoms with Gasteiger partial charge in [0.25, 0.3) is 0 Å². The van der Waals surface area contributed by atoms with Crippen LogP contribution in [0.15, 0.2) is 176 Å². The maximum absolute atomic E-state index is 6.24. The molecule has 0 fully saturated rings. The van der Waals surface area contributed by atoms with E-state index in [9.17, 15) is 0 Å². The van der Waals surface area contributed by atoms with Crippen LogP contribution in [0.25, 0.3) is 133 Å². The van der Waals surface area contributed by atoms with Gasteiger partial charge >= 0.3 is 0 Å². The number of benzene rings is 4. The molecular weight excluding hydrogens is 1270 g/mol. The molecule has 0 amide bonds. The zero-order valence-corrected chi connectivity index (χ0v) is 62.5. The highest BCUT2D eigenvalue weighted by molar-refractivity contribution is 6.12. The molecule has 0 spiro atoms. The third-order valence-corrected chi connectivity index (χ3v) is 21.2. The van der Waals surface area contributed by atoms with Crippen LogP contribution in [0.5, 0.6) is 0 Å². The zero-order valence-electron chi connectivity index (χ0n) is 62.5. The van der Waals surface area contributed by atoms with Crippen molar-refractivity contribution >= 4 is 88.3 Å². The minimum atomic E-state index is 0.645. The van der Waals surface area contributed by atoms with Gasteiger partial charge in [-0.1, -0.05) is 85.7 Å². The molecule has 4 aromatic carbocycles. The molecule has 516 valence electrons. The van der Waals surface area contributed by atoms with Crippen molar-refractivity contribution in [2.24, 2.45) is 30.7 Å². The Morgan fingerprint density at radius 2 is 0.641 bits per heavy atom. The van der Waals surface area contributed by atoms with E-state index in [1.165, 1.54) is 106 Å². The molecule has 103 heavy (non-hydrogen) atoms. The van der Waals surface area contributed by atoms with Crippen LogP contribution in [-0.2, 0) is 52.4 Å². The predicted octanol–water partition coefficient (Wildman–Crippen LogP) is 20.3. The Kier molecular flexibility index (Phi) is 17.0. The Bertz CT molecular complexity index is 5930. The second kappa shape index (κ2) is 26.3. The van der Waals surface area contributed by atoms with Gasteiger partial charge in [-0.05, 0) is 192 Å². The number of hydrogen-bond donors (Lipinski definition) is 0. The molecule has 0 bridgehead atoms. The van der Waals surface area contributed by atoms with Crippen LogP contribution in [0.1, 0.15) is 134 Å². The fourth-order valence-electron chi connectivity index (χ4n) is 16.2. The summed E-state index contributed by atoms with van der Waals surface area (Å²) in [6.45, 7) is 35.9. The van der Waals surface area contributed by atoms with Crippen molar-refractivity contribution in [3.8, 4) is 45.0 Å². The second-order valence-corrected chi connectivity index (χ2v) is 31.1. The summed E-state index contributed by atoms with van der Waals surface area (Å²) in [6.07, 6.45) is 17.3. The van der Waals surface area contributed by atoms with E-state index in [4.69, 9.17) is 17.7 Å². The van der Waals surface area contributed by atoms with E-state index in [0.717, 1.165) is 145 Å². The molecule has 3 aliphatic heterocycles. The first kappa shape index (κ1) is 66.8.